The summed E-state index contributed by atoms with van der Waals surface area (Å²) in [6.07, 6.45) is 1.67. The summed E-state index contributed by atoms with van der Waals surface area (Å²) in [5.41, 5.74) is 0. The number of nitrogens with zero attached hydrogens (tertiary/aromatic N) is 2. The Bertz CT molecular complexity index is 656. The highest BCUT2D eigenvalue weighted by atomic mass is 32.2. The molecule has 1 aromatic carbocycles. The van der Waals surface area contributed by atoms with Gasteiger partial charge in [0, 0.05) is 19.5 Å². The molecule has 0 fully saturated rings. The van der Waals surface area contributed by atoms with Gasteiger partial charge in [-0.15, -0.1) is 0 Å². The molecule has 0 saturated carbocycles. The van der Waals surface area contributed by atoms with Gasteiger partial charge in [-0.2, -0.15) is 0 Å². The Morgan fingerprint density at radius 3 is 2.50 bits per heavy atom. The molecule has 1 aliphatic rings. The number of rotatable bonds is 8. The molecular formula is C18H28N2O3S. The van der Waals surface area contributed by atoms with Crippen LogP contribution in [-0.4, -0.2) is 44.9 Å². The molecule has 5 nitrogen and oxygen atoms in total. The van der Waals surface area contributed by atoms with Crippen molar-refractivity contribution in [1.82, 2.24) is 4.31 Å². The number of benzene rings is 1. The minimum absolute atomic E-state index is 0.148. The second-order valence-corrected chi connectivity index (χ2v) is 8.66. The molecule has 0 unspecified atom stereocenters. The summed E-state index contributed by atoms with van der Waals surface area (Å²) in [5.74, 6) is 1.30. The molecule has 0 aromatic heterocycles. The zero-order valence-electron chi connectivity index (χ0n) is 15.0. The molecule has 0 saturated heterocycles. The minimum Gasteiger partial charge on any atom is -0.478 e. The summed E-state index contributed by atoms with van der Waals surface area (Å²) in [6.45, 7) is 7.44. The fourth-order valence-electron chi connectivity index (χ4n) is 2.80. The number of hydrogen-bond donors (Lipinski definition) is 0. The van der Waals surface area contributed by atoms with E-state index in [4.69, 9.17) is 4.74 Å². The van der Waals surface area contributed by atoms with Gasteiger partial charge in [0.15, 0.2) is 5.90 Å². The van der Waals surface area contributed by atoms with Crippen molar-refractivity contribution in [2.75, 3.05) is 20.2 Å². The van der Waals surface area contributed by atoms with Crippen molar-refractivity contribution in [2.24, 2.45) is 16.8 Å². The van der Waals surface area contributed by atoms with Crippen molar-refractivity contribution in [3.05, 3.63) is 30.3 Å². The van der Waals surface area contributed by atoms with Gasteiger partial charge >= 0.3 is 0 Å². The first-order valence-electron chi connectivity index (χ1n) is 8.58. The van der Waals surface area contributed by atoms with Gasteiger partial charge in [0.25, 0.3) is 0 Å². The van der Waals surface area contributed by atoms with E-state index in [1.54, 1.807) is 31.3 Å². The van der Waals surface area contributed by atoms with Crippen LogP contribution in [-0.2, 0) is 14.8 Å². The van der Waals surface area contributed by atoms with Crippen LogP contribution >= 0.6 is 0 Å². The Labute approximate surface area is 145 Å². The van der Waals surface area contributed by atoms with E-state index in [0.29, 0.717) is 30.4 Å². The van der Waals surface area contributed by atoms with Gasteiger partial charge in [-0.3, -0.25) is 0 Å². The molecule has 24 heavy (non-hydrogen) atoms. The van der Waals surface area contributed by atoms with E-state index in [1.807, 2.05) is 6.07 Å². The minimum atomic E-state index is -3.45. The molecule has 1 aliphatic heterocycles. The predicted molar refractivity (Wildman–Crippen MR) is 96.7 cm³/mol. The van der Waals surface area contributed by atoms with Crippen LogP contribution in [0.15, 0.2) is 40.2 Å². The van der Waals surface area contributed by atoms with E-state index in [-0.39, 0.29) is 12.0 Å². The average molecular weight is 353 g/mol. The van der Waals surface area contributed by atoms with Crippen LogP contribution in [0, 0.1) is 11.8 Å². The predicted octanol–water partition coefficient (Wildman–Crippen LogP) is 3.18. The highest BCUT2D eigenvalue weighted by Gasteiger charge is 2.29. The lowest BCUT2D eigenvalue weighted by Crippen LogP contribution is -2.32. The Kier molecular flexibility index (Phi) is 6.40. The third kappa shape index (κ3) is 4.36. The summed E-state index contributed by atoms with van der Waals surface area (Å²) in [6, 6.07) is 8.79. The maximum atomic E-state index is 12.6. The topological polar surface area (TPSA) is 59.0 Å². The molecule has 2 atom stereocenters. The normalized spacial score (nSPS) is 19.4. The Morgan fingerprint density at radius 1 is 1.29 bits per heavy atom. The molecule has 1 heterocycles. The Hall–Kier alpha value is -1.40. The van der Waals surface area contributed by atoms with E-state index < -0.39 is 10.0 Å². The maximum absolute atomic E-state index is 12.6. The first-order chi connectivity index (χ1) is 11.4. The van der Waals surface area contributed by atoms with E-state index in [1.165, 1.54) is 4.31 Å². The Balaban J connectivity index is 2.04. The van der Waals surface area contributed by atoms with Gasteiger partial charge < -0.3 is 4.74 Å². The molecule has 6 heteroatoms. The maximum Gasteiger partial charge on any atom is 0.242 e. The highest BCUT2D eigenvalue weighted by molar-refractivity contribution is 7.89. The van der Waals surface area contributed by atoms with Gasteiger partial charge in [0.1, 0.15) is 6.61 Å². The average Bonchev–Trinajstić information content (AvgIpc) is 3.04. The van der Waals surface area contributed by atoms with Crippen LogP contribution in [0.2, 0.25) is 0 Å². The molecule has 0 N–H and O–H groups in total. The summed E-state index contributed by atoms with van der Waals surface area (Å²) >= 11 is 0. The molecule has 0 bridgehead atoms. The Morgan fingerprint density at radius 2 is 1.96 bits per heavy atom. The highest BCUT2D eigenvalue weighted by Crippen LogP contribution is 2.24. The van der Waals surface area contributed by atoms with Crippen LogP contribution < -0.4 is 0 Å². The van der Waals surface area contributed by atoms with Crippen molar-refractivity contribution in [3.8, 4) is 0 Å². The largest absolute Gasteiger partial charge is 0.478 e. The first kappa shape index (κ1) is 18.9. The van der Waals surface area contributed by atoms with Crippen LogP contribution in [0.5, 0.6) is 0 Å². The van der Waals surface area contributed by atoms with Gasteiger partial charge in [0.2, 0.25) is 10.0 Å². The van der Waals surface area contributed by atoms with E-state index >= 15 is 0 Å². The lowest BCUT2D eigenvalue weighted by molar-refractivity contribution is 0.272. The summed E-state index contributed by atoms with van der Waals surface area (Å²) in [7, 11) is -1.82. The lowest BCUT2D eigenvalue weighted by atomic mass is 9.92. The molecular weight excluding hydrogens is 324 g/mol. The van der Waals surface area contributed by atoms with Crippen molar-refractivity contribution in [3.63, 3.8) is 0 Å². The molecule has 0 spiro atoms. The fourth-order valence-corrected chi connectivity index (χ4v) is 4.01. The van der Waals surface area contributed by atoms with Crippen molar-refractivity contribution < 1.29 is 13.2 Å². The van der Waals surface area contributed by atoms with Crippen LogP contribution in [0.4, 0.5) is 0 Å². The SMILES string of the molecule is CC[C@@H]1COC([C@@H](CCN(C)S(=O)(=O)c2ccccc2)C(C)C)=N1. The molecule has 0 amide bonds. The zero-order valence-corrected chi connectivity index (χ0v) is 15.8. The third-order valence-corrected chi connectivity index (χ3v) is 6.40. The summed E-state index contributed by atoms with van der Waals surface area (Å²) < 4.78 is 32.4. The van der Waals surface area contributed by atoms with Crippen molar-refractivity contribution >= 4 is 15.9 Å². The third-order valence-electron chi connectivity index (χ3n) is 4.53. The lowest BCUT2D eigenvalue weighted by Gasteiger charge is -2.23. The number of ether oxygens (including phenoxy) is 1. The number of hydrogen-bond acceptors (Lipinski definition) is 4. The van der Waals surface area contributed by atoms with Crippen LogP contribution in [0.1, 0.15) is 33.6 Å². The molecule has 134 valence electrons. The van der Waals surface area contributed by atoms with Gasteiger partial charge in [0.05, 0.1) is 10.9 Å². The second-order valence-electron chi connectivity index (χ2n) is 6.62. The number of sulfonamides is 1. The van der Waals surface area contributed by atoms with Crippen LogP contribution in [0.3, 0.4) is 0 Å². The van der Waals surface area contributed by atoms with Gasteiger partial charge in [-0.05, 0) is 30.9 Å². The first-order valence-corrected chi connectivity index (χ1v) is 10.0. The standard InChI is InChI=1S/C18H28N2O3S/c1-5-15-13-23-18(19-15)17(14(2)3)11-12-20(4)24(21,22)16-9-7-6-8-10-16/h6-10,14-15,17H,5,11-13H2,1-4H3/t15-,17+/m1/s1. The summed E-state index contributed by atoms with van der Waals surface area (Å²) in [4.78, 5) is 4.98. The molecule has 2 rings (SSSR count). The van der Waals surface area contributed by atoms with Gasteiger partial charge in [-0.25, -0.2) is 17.7 Å². The summed E-state index contributed by atoms with van der Waals surface area (Å²) in [5, 5.41) is 0. The quantitative estimate of drug-likeness (QED) is 0.722. The zero-order chi connectivity index (χ0) is 17.7. The van der Waals surface area contributed by atoms with Crippen molar-refractivity contribution in [1.29, 1.82) is 0 Å². The van der Waals surface area contributed by atoms with E-state index in [0.717, 1.165) is 12.3 Å². The molecule has 1 aromatic rings. The monoisotopic (exact) mass is 352 g/mol. The number of aliphatic imine (C=N–C) groups is 1. The van der Waals surface area contributed by atoms with Crippen molar-refractivity contribution in [2.45, 2.75) is 44.6 Å². The second kappa shape index (κ2) is 8.12. The molecule has 0 aliphatic carbocycles. The molecule has 0 radical (unpaired) electrons. The fraction of sp³-hybridized carbons (Fsp3) is 0.611. The van der Waals surface area contributed by atoms with E-state index in [9.17, 15) is 8.42 Å². The van der Waals surface area contributed by atoms with Crippen LogP contribution in [0.25, 0.3) is 0 Å². The van der Waals surface area contributed by atoms with E-state index in [2.05, 4.69) is 25.8 Å². The smallest absolute Gasteiger partial charge is 0.242 e. The van der Waals surface area contributed by atoms with Gasteiger partial charge in [-0.1, -0.05) is 39.0 Å².